The number of rotatable bonds is 4. The predicted molar refractivity (Wildman–Crippen MR) is 56.2 cm³/mol. The highest BCUT2D eigenvalue weighted by Crippen LogP contribution is 2.03. The van der Waals surface area contributed by atoms with E-state index < -0.39 is 0 Å². The smallest absolute Gasteiger partial charge is 0.111 e. The summed E-state index contributed by atoms with van der Waals surface area (Å²) in [5.41, 5.74) is 1.98. The van der Waals surface area contributed by atoms with Crippen LogP contribution in [0.1, 0.15) is 12.6 Å². The van der Waals surface area contributed by atoms with Gasteiger partial charge in [0.1, 0.15) is 6.67 Å². The molecule has 0 atom stereocenters. The zero-order chi connectivity index (χ0) is 10.7. The molecule has 0 aromatic carbocycles. The topological polar surface area (TPSA) is 60.6 Å². The summed E-state index contributed by atoms with van der Waals surface area (Å²) in [5.74, 6) is 0. The van der Waals surface area contributed by atoms with Crippen LogP contribution in [0.2, 0.25) is 0 Å². The highest BCUT2D eigenvalue weighted by atomic mass is 15.4. The zero-order valence-electron chi connectivity index (χ0n) is 8.88. The van der Waals surface area contributed by atoms with E-state index in [1.165, 1.54) is 0 Å². The van der Waals surface area contributed by atoms with Crippen molar-refractivity contribution in [1.82, 2.24) is 24.8 Å². The number of hydrogen-bond donors (Lipinski definition) is 1. The van der Waals surface area contributed by atoms with Crippen molar-refractivity contribution in [3.05, 3.63) is 24.3 Å². The van der Waals surface area contributed by atoms with Crippen LogP contribution in [0.4, 0.5) is 5.69 Å². The largest absolute Gasteiger partial charge is 0.364 e. The summed E-state index contributed by atoms with van der Waals surface area (Å²) in [7, 11) is 1.88. The molecule has 0 radical (unpaired) electrons. The van der Waals surface area contributed by atoms with Gasteiger partial charge >= 0.3 is 0 Å². The molecule has 0 fully saturated rings. The molecule has 2 aromatic heterocycles. The Bertz CT molecular complexity index is 429. The lowest BCUT2D eigenvalue weighted by molar-refractivity contribution is 0.635. The molecule has 0 bridgehead atoms. The summed E-state index contributed by atoms with van der Waals surface area (Å²) in [6.07, 6.45) is 6.53. The van der Waals surface area contributed by atoms with Gasteiger partial charge in [-0.05, 0) is 6.42 Å². The van der Waals surface area contributed by atoms with E-state index in [-0.39, 0.29) is 0 Å². The maximum atomic E-state index is 4.06. The van der Waals surface area contributed by atoms with Crippen molar-refractivity contribution in [2.45, 2.75) is 20.0 Å². The van der Waals surface area contributed by atoms with Gasteiger partial charge in [-0.25, -0.2) is 4.68 Å². The van der Waals surface area contributed by atoms with Crippen LogP contribution < -0.4 is 5.32 Å². The number of hydrogen-bond acceptors (Lipinski definition) is 4. The normalized spacial score (nSPS) is 10.5. The van der Waals surface area contributed by atoms with Crippen LogP contribution in [-0.4, -0.2) is 24.8 Å². The van der Waals surface area contributed by atoms with Crippen LogP contribution in [0, 0.1) is 0 Å². The lowest BCUT2D eigenvalue weighted by Gasteiger charge is -2.01. The first-order valence-electron chi connectivity index (χ1n) is 4.89. The zero-order valence-corrected chi connectivity index (χ0v) is 8.88. The van der Waals surface area contributed by atoms with Crippen molar-refractivity contribution in [2.75, 3.05) is 5.32 Å². The first-order valence-corrected chi connectivity index (χ1v) is 4.89. The summed E-state index contributed by atoms with van der Waals surface area (Å²) in [6, 6.07) is 0. The van der Waals surface area contributed by atoms with Crippen molar-refractivity contribution in [3.63, 3.8) is 0 Å². The second kappa shape index (κ2) is 4.12. The lowest BCUT2D eigenvalue weighted by Crippen LogP contribution is -2.08. The summed E-state index contributed by atoms with van der Waals surface area (Å²) in [6.45, 7) is 2.67. The minimum Gasteiger partial charge on any atom is -0.364 e. The first kappa shape index (κ1) is 9.70. The molecule has 15 heavy (non-hydrogen) atoms. The average Bonchev–Trinajstić information content (AvgIpc) is 2.83. The highest BCUT2D eigenvalue weighted by Gasteiger charge is 1.98. The Morgan fingerprint density at radius 2 is 2.27 bits per heavy atom. The molecule has 1 N–H and O–H groups in total. The van der Waals surface area contributed by atoms with Crippen LogP contribution in [0.5, 0.6) is 0 Å². The molecule has 0 unspecified atom stereocenters. The molecule has 0 saturated carbocycles. The summed E-state index contributed by atoms with van der Waals surface area (Å²) in [4.78, 5) is 0. The van der Waals surface area contributed by atoms with E-state index in [9.17, 15) is 0 Å². The van der Waals surface area contributed by atoms with Gasteiger partial charge in [-0.3, -0.25) is 4.68 Å². The molecule has 0 spiro atoms. The molecule has 0 aliphatic rings. The Kier molecular flexibility index (Phi) is 2.66. The van der Waals surface area contributed by atoms with Gasteiger partial charge < -0.3 is 5.32 Å². The fraction of sp³-hybridized carbons (Fsp3) is 0.444. The minimum absolute atomic E-state index is 0.610. The van der Waals surface area contributed by atoms with E-state index >= 15 is 0 Å². The van der Waals surface area contributed by atoms with Gasteiger partial charge in [0.15, 0.2) is 0 Å². The summed E-state index contributed by atoms with van der Waals surface area (Å²) < 4.78 is 3.52. The fourth-order valence-corrected chi connectivity index (χ4v) is 1.26. The molecular weight excluding hydrogens is 192 g/mol. The van der Waals surface area contributed by atoms with Gasteiger partial charge in [0.05, 0.1) is 23.8 Å². The maximum absolute atomic E-state index is 4.06. The quantitative estimate of drug-likeness (QED) is 0.797. The van der Waals surface area contributed by atoms with Crippen molar-refractivity contribution < 1.29 is 0 Å². The van der Waals surface area contributed by atoms with E-state index in [0.717, 1.165) is 17.8 Å². The fourth-order valence-electron chi connectivity index (χ4n) is 1.26. The van der Waals surface area contributed by atoms with E-state index in [2.05, 4.69) is 27.7 Å². The molecule has 80 valence electrons. The van der Waals surface area contributed by atoms with Crippen LogP contribution in [0.3, 0.4) is 0 Å². The van der Waals surface area contributed by atoms with E-state index in [0.29, 0.717) is 6.67 Å². The van der Waals surface area contributed by atoms with Crippen LogP contribution in [0.25, 0.3) is 0 Å². The molecule has 6 nitrogen and oxygen atoms in total. The molecule has 0 aliphatic carbocycles. The second-order valence-corrected chi connectivity index (χ2v) is 3.34. The molecule has 2 aromatic rings. The number of aryl methyl sites for hydroxylation is 2. The average molecular weight is 206 g/mol. The van der Waals surface area contributed by atoms with Crippen molar-refractivity contribution in [3.8, 4) is 0 Å². The molecule has 0 aliphatic heterocycles. The maximum Gasteiger partial charge on any atom is 0.111 e. The third-order valence-corrected chi connectivity index (χ3v) is 2.10. The molecular formula is C9H14N6. The van der Waals surface area contributed by atoms with E-state index in [4.69, 9.17) is 0 Å². The third kappa shape index (κ3) is 2.34. The van der Waals surface area contributed by atoms with Gasteiger partial charge in [-0.2, -0.15) is 5.10 Å². The Morgan fingerprint density at radius 1 is 1.40 bits per heavy atom. The Morgan fingerprint density at radius 3 is 2.87 bits per heavy atom. The van der Waals surface area contributed by atoms with Crippen LogP contribution in [0.15, 0.2) is 18.6 Å². The van der Waals surface area contributed by atoms with Gasteiger partial charge in [0.2, 0.25) is 0 Å². The SMILES string of the molecule is CCc1cn(CNc2cnn(C)c2)nn1. The summed E-state index contributed by atoms with van der Waals surface area (Å²) in [5, 5.41) is 15.2. The number of nitrogens with one attached hydrogen (secondary N) is 1. The summed E-state index contributed by atoms with van der Waals surface area (Å²) >= 11 is 0. The van der Waals surface area contributed by atoms with Gasteiger partial charge in [0.25, 0.3) is 0 Å². The number of aromatic nitrogens is 5. The predicted octanol–water partition coefficient (Wildman–Crippen LogP) is 0.644. The second-order valence-electron chi connectivity index (χ2n) is 3.34. The Hall–Kier alpha value is -1.85. The lowest BCUT2D eigenvalue weighted by atomic mass is 10.4. The monoisotopic (exact) mass is 206 g/mol. The van der Waals surface area contributed by atoms with E-state index in [1.54, 1.807) is 15.6 Å². The molecule has 2 rings (SSSR count). The van der Waals surface area contributed by atoms with Crippen molar-refractivity contribution in [2.24, 2.45) is 7.05 Å². The molecule has 0 saturated heterocycles. The first-order chi connectivity index (χ1) is 7.28. The van der Waals surface area contributed by atoms with Gasteiger partial charge in [-0.15, -0.1) is 5.10 Å². The highest BCUT2D eigenvalue weighted by molar-refractivity contribution is 5.36. The molecule has 2 heterocycles. The van der Waals surface area contributed by atoms with Gasteiger partial charge in [-0.1, -0.05) is 12.1 Å². The Labute approximate surface area is 87.9 Å². The molecule has 6 heteroatoms. The Balaban J connectivity index is 1.93. The van der Waals surface area contributed by atoms with E-state index in [1.807, 2.05) is 19.4 Å². The number of anilines is 1. The molecule has 0 amide bonds. The number of nitrogens with zero attached hydrogens (tertiary/aromatic N) is 5. The van der Waals surface area contributed by atoms with Crippen molar-refractivity contribution in [1.29, 1.82) is 0 Å². The minimum atomic E-state index is 0.610. The van der Waals surface area contributed by atoms with Crippen LogP contribution in [-0.2, 0) is 20.1 Å². The standard InChI is InChI=1S/C9H14N6/c1-3-8-6-15(13-12-8)7-10-9-4-11-14(2)5-9/h4-6,10H,3,7H2,1-2H3. The third-order valence-electron chi connectivity index (χ3n) is 2.10. The van der Waals surface area contributed by atoms with Crippen molar-refractivity contribution >= 4 is 5.69 Å². The van der Waals surface area contributed by atoms with Gasteiger partial charge in [0, 0.05) is 13.2 Å². The van der Waals surface area contributed by atoms with Crippen LogP contribution >= 0.6 is 0 Å².